The van der Waals surface area contributed by atoms with E-state index in [9.17, 15) is 15.0 Å². The summed E-state index contributed by atoms with van der Waals surface area (Å²) in [6, 6.07) is -0.768. The van der Waals surface area contributed by atoms with Crippen LogP contribution in [0, 0.1) is 0 Å². The average molecular weight is 454 g/mol. The molecule has 32 heavy (non-hydrogen) atoms. The van der Waals surface area contributed by atoms with Gasteiger partial charge in [-0.3, -0.25) is 4.79 Å². The van der Waals surface area contributed by atoms with E-state index >= 15 is 0 Å². The normalized spacial score (nSPS) is 13.3. The molecular weight excluding hydrogens is 406 g/mol. The van der Waals surface area contributed by atoms with Crippen LogP contribution in [0.15, 0.2) is 12.5 Å². The van der Waals surface area contributed by atoms with Crippen molar-refractivity contribution in [3.63, 3.8) is 0 Å². The minimum Gasteiger partial charge on any atom is -0.480 e. The third-order valence-electron chi connectivity index (χ3n) is 5.83. The Balaban J connectivity index is 1.86. The summed E-state index contributed by atoms with van der Waals surface area (Å²) in [5.74, 6) is -0.949. The van der Waals surface area contributed by atoms with Crippen LogP contribution in [0.5, 0.6) is 0 Å². The summed E-state index contributed by atoms with van der Waals surface area (Å²) in [6.45, 7) is 3.32. The van der Waals surface area contributed by atoms with Crippen LogP contribution in [0.3, 0.4) is 0 Å². The van der Waals surface area contributed by atoms with Gasteiger partial charge in [0.2, 0.25) is 0 Å². The molecule has 0 spiro atoms. The number of aromatic nitrogens is 2. The summed E-state index contributed by atoms with van der Waals surface area (Å²) in [6.07, 6.45) is 21.3. The summed E-state index contributed by atoms with van der Waals surface area (Å²) in [5.41, 5.74) is 0.744. The number of hydrogen-bond donors (Lipinski definition) is 4. The van der Waals surface area contributed by atoms with Gasteiger partial charge in [0.25, 0.3) is 0 Å². The molecular formula is C25H47N3O4. The maximum absolute atomic E-state index is 11.3. The highest BCUT2D eigenvalue weighted by Gasteiger charge is 2.19. The zero-order valence-corrected chi connectivity index (χ0v) is 20.2. The molecule has 1 rings (SSSR count). The van der Waals surface area contributed by atoms with Crippen LogP contribution in [-0.2, 0) is 16.0 Å². The molecule has 7 nitrogen and oxygen atoms in total. The molecule has 0 aliphatic carbocycles. The van der Waals surface area contributed by atoms with Gasteiger partial charge in [-0.2, -0.15) is 0 Å². The fourth-order valence-corrected chi connectivity index (χ4v) is 3.82. The number of rotatable bonds is 23. The Bertz CT molecular complexity index is 539. The Labute approximate surface area is 194 Å². The molecule has 0 aliphatic rings. The molecule has 7 heteroatoms. The van der Waals surface area contributed by atoms with Crippen molar-refractivity contribution in [2.45, 2.75) is 115 Å². The third kappa shape index (κ3) is 16.2. The van der Waals surface area contributed by atoms with E-state index in [4.69, 9.17) is 4.74 Å². The zero-order chi connectivity index (χ0) is 23.3. The van der Waals surface area contributed by atoms with Crippen LogP contribution in [-0.4, -0.2) is 58.1 Å². The van der Waals surface area contributed by atoms with Crippen molar-refractivity contribution in [1.29, 1.82) is 0 Å². The van der Waals surface area contributed by atoms with Crippen LogP contribution in [0.25, 0.3) is 0 Å². The maximum Gasteiger partial charge on any atom is 0.321 e. The number of ether oxygens (including phenoxy) is 1. The van der Waals surface area contributed by atoms with Crippen LogP contribution < -0.4 is 5.32 Å². The van der Waals surface area contributed by atoms with Gasteiger partial charge in [0, 0.05) is 31.5 Å². The zero-order valence-electron chi connectivity index (χ0n) is 20.2. The highest BCUT2D eigenvalue weighted by molar-refractivity contribution is 5.73. The lowest BCUT2D eigenvalue weighted by Gasteiger charge is -2.17. The van der Waals surface area contributed by atoms with Crippen LogP contribution in [0.4, 0.5) is 0 Å². The number of aliphatic hydroxyl groups is 1. The van der Waals surface area contributed by atoms with Crippen molar-refractivity contribution in [2.75, 3.05) is 19.8 Å². The van der Waals surface area contributed by atoms with Crippen LogP contribution in [0.2, 0.25) is 0 Å². The molecule has 186 valence electrons. The Hall–Kier alpha value is -1.44. The lowest BCUT2D eigenvalue weighted by Crippen LogP contribution is -2.43. The number of aliphatic carboxylic acids is 1. The first-order valence-corrected chi connectivity index (χ1v) is 12.8. The van der Waals surface area contributed by atoms with E-state index in [-0.39, 0.29) is 13.2 Å². The highest BCUT2D eigenvalue weighted by atomic mass is 16.5. The van der Waals surface area contributed by atoms with E-state index in [0.29, 0.717) is 13.0 Å². The first-order valence-electron chi connectivity index (χ1n) is 12.8. The van der Waals surface area contributed by atoms with Gasteiger partial charge in [-0.15, -0.1) is 0 Å². The van der Waals surface area contributed by atoms with E-state index in [1.54, 1.807) is 6.20 Å². The van der Waals surface area contributed by atoms with E-state index in [1.165, 1.54) is 83.4 Å². The predicted molar refractivity (Wildman–Crippen MR) is 129 cm³/mol. The molecule has 1 unspecified atom stereocenters. The summed E-state index contributed by atoms with van der Waals surface area (Å²) in [4.78, 5) is 18.1. The van der Waals surface area contributed by atoms with Crippen LogP contribution >= 0.6 is 0 Å². The standard InChI is InChI=1S/C25H47N3O4/c1-2-3-4-5-6-7-8-9-10-11-12-13-14-15-16-32-20-23(29)19-27-24(25(30)31)17-22-18-26-21-28-22/h18,21,23-24,27,29H,2-17,19-20H2,1H3,(H,26,28)(H,30,31)/t23?,24-/m0/s1. The average Bonchev–Trinajstić information content (AvgIpc) is 3.29. The lowest BCUT2D eigenvalue weighted by atomic mass is 10.0. The number of hydrogen-bond acceptors (Lipinski definition) is 5. The first kappa shape index (κ1) is 28.6. The third-order valence-corrected chi connectivity index (χ3v) is 5.83. The molecule has 0 amide bonds. The Morgan fingerprint density at radius 1 is 1.00 bits per heavy atom. The molecule has 0 radical (unpaired) electrons. The van der Waals surface area contributed by atoms with Crippen molar-refractivity contribution >= 4 is 5.97 Å². The van der Waals surface area contributed by atoms with Gasteiger partial charge in [-0.25, -0.2) is 4.98 Å². The van der Waals surface area contributed by atoms with Gasteiger partial charge in [0.15, 0.2) is 0 Å². The second-order valence-electron chi connectivity index (χ2n) is 8.90. The summed E-state index contributed by atoms with van der Waals surface area (Å²) in [7, 11) is 0. The van der Waals surface area contributed by atoms with E-state index in [1.807, 2.05) is 0 Å². The number of carbonyl (C=O) groups is 1. The number of nitrogens with one attached hydrogen (secondary N) is 2. The van der Waals surface area contributed by atoms with E-state index in [0.717, 1.165) is 18.5 Å². The van der Waals surface area contributed by atoms with E-state index < -0.39 is 18.1 Å². The number of imidazole rings is 1. The van der Waals surface area contributed by atoms with Gasteiger partial charge < -0.3 is 25.3 Å². The Kier molecular flexibility index (Phi) is 18.0. The number of carboxylic acid groups (broad SMARTS) is 1. The molecule has 0 saturated carbocycles. The van der Waals surface area contributed by atoms with Crippen molar-refractivity contribution in [3.05, 3.63) is 18.2 Å². The SMILES string of the molecule is CCCCCCCCCCCCCCCCOCC(O)CN[C@@H](Cc1cnc[nH]1)C(=O)O. The molecule has 4 N–H and O–H groups in total. The molecule has 0 bridgehead atoms. The number of aliphatic hydroxyl groups excluding tert-OH is 1. The maximum atomic E-state index is 11.3. The van der Waals surface area contributed by atoms with E-state index in [2.05, 4.69) is 22.2 Å². The summed E-state index contributed by atoms with van der Waals surface area (Å²) >= 11 is 0. The minimum atomic E-state index is -0.949. The van der Waals surface area contributed by atoms with Crippen molar-refractivity contribution in [1.82, 2.24) is 15.3 Å². The molecule has 1 aromatic rings. The van der Waals surface area contributed by atoms with Gasteiger partial charge in [-0.1, -0.05) is 90.4 Å². The predicted octanol–water partition coefficient (Wildman–Crippen LogP) is 4.85. The van der Waals surface area contributed by atoms with Crippen molar-refractivity contribution in [3.8, 4) is 0 Å². The minimum absolute atomic E-state index is 0.184. The number of carboxylic acids is 1. The fourth-order valence-electron chi connectivity index (χ4n) is 3.82. The summed E-state index contributed by atoms with van der Waals surface area (Å²) < 4.78 is 5.55. The molecule has 2 atom stereocenters. The smallest absolute Gasteiger partial charge is 0.321 e. The molecule has 1 heterocycles. The molecule has 1 aromatic heterocycles. The molecule has 0 fully saturated rings. The Morgan fingerprint density at radius 2 is 1.56 bits per heavy atom. The lowest BCUT2D eigenvalue weighted by molar-refractivity contribution is -0.139. The number of nitrogens with zero attached hydrogens (tertiary/aromatic N) is 1. The highest BCUT2D eigenvalue weighted by Crippen LogP contribution is 2.13. The quantitative estimate of drug-likeness (QED) is 0.176. The molecule has 0 aliphatic heterocycles. The monoisotopic (exact) mass is 453 g/mol. The number of unbranched alkanes of at least 4 members (excludes halogenated alkanes) is 13. The Morgan fingerprint density at radius 3 is 2.06 bits per heavy atom. The summed E-state index contributed by atoms with van der Waals surface area (Å²) in [5, 5.41) is 22.2. The van der Waals surface area contributed by atoms with Gasteiger partial charge in [-0.05, 0) is 6.42 Å². The van der Waals surface area contributed by atoms with Crippen LogP contribution in [0.1, 0.15) is 103 Å². The first-order chi connectivity index (χ1) is 15.6. The number of aromatic amines is 1. The van der Waals surface area contributed by atoms with Gasteiger partial charge in [0.05, 0.1) is 19.0 Å². The molecule has 0 saturated heterocycles. The second-order valence-corrected chi connectivity index (χ2v) is 8.90. The second kappa shape index (κ2) is 20.2. The molecule has 0 aromatic carbocycles. The van der Waals surface area contributed by atoms with Crippen molar-refractivity contribution < 1.29 is 19.7 Å². The number of H-pyrrole nitrogens is 1. The van der Waals surface area contributed by atoms with Gasteiger partial charge >= 0.3 is 5.97 Å². The van der Waals surface area contributed by atoms with Crippen molar-refractivity contribution in [2.24, 2.45) is 0 Å². The fraction of sp³-hybridized carbons (Fsp3) is 0.840. The van der Waals surface area contributed by atoms with Gasteiger partial charge in [0.1, 0.15) is 6.04 Å². The largest absolute Gasteiger partial charge is 0.480 e. The topological polar surface area (TPSA) is 107 Å².